The van der Waals surface area contributed by atoms with E-state index in [0.717, 1.165) is 11.1 Å². The highest BCUT2D eigenvalue weighted by Crippen LogP contribution is 2.17. The van der Waals surface area contributed by atoms with Crippen molar-refractivity contribution in [3.05, 3.63) is 113 Å². The van der Waals surface area contributed by atoms with Crippen LogP contribution in [0.25, 0.3) is 0 Å². The molecule has 7 nitrogen and oxygen atoms in total. The monoisotopic (exact) mass is 446 g/mol. The molecule has 0 bridgehead atoms. The van der Waals surface area contributed by atoms with Gasteiger partial charge in [-0.05, 0) is 36.1 Å². The highest BCUT2D eigenvalue weighted by Gasteiger charge is 2.14. The first-order valence-corrected chi connectivity index (χ1v) is 10.6. The van der Waals surface area contributed by atoms with Crippen molar-refractivity contribution in [3.8, 4) is 0 Å². The summed E-state index contributed by atoms with van der Waals surface area (Å²) in [6.45, 7) is 0.0925. The maximum Gasteiger partial charge on any atom is 0.412 e. The molecule has 1 amide bonds. The molecule has 0 aliphatic carbocycles. The molecule has 1 aromatic heterocycles. The van der Waals surface area contributed by atoms with E-state index in [9.17, 15) is 14.4 Å². The van der Waals surface area contributed by atoms with E-state index in [2.05, 4.69) is 10.1 Å². The van der Waals surface area contributed by atoms with Gasteiger partial charge in [-0.1, -0.05) is 66.7 Å². The highest BCUT2D eigenvalue weighted by molar-refractivity contribution is 5.84. The number of hydrogen-bond acceptors (Lipinski definition) is 5. The smallest absolute Gasteiger partial charge is 0.412 e. The Morgan fingerprint density at radius 1 is 0.970 bits per heavy atom. The number of benzene rings is 2. The number of nitrogens with one attached hydrogen (secondary N) is 1. The standard InChI is InChI=1S/C26H26N2O5/c1-32-24(29)17-16-22(15-14-20-9-4-2-5-10-20)28-18-8-13-23(25(28)30)27-26(31)33-19-21-11-6-3-7-12-21/h2-13,16-18,22H,14-15,19H2,1H3,(H,27,31)/b17-16+/t22-/m0/s1. The minimum absolute atomic E-state index is 0.0896. The molecule has 0 spiro atoms. The molecule has 3 aromatic rings. The zero-order valence-corrected chi connectivity index (χ0v) is 18.3. The van der Waals surface area contributed by atoms with Crippen molar-refractivity contribution < 1.29 is 19.1 Å². The third kappa shape index (κ3) is 7.21. The van der Waals surface area contributed by atoms with Crippen LogP contribution in [0.1, 0.15) is 23.6 Å². The predicted octanol–water partition coefficient (Wildman–Crippen LogP) is 4.50. The lowest BCUT2D eigenvalue weighted by Crippen LogP contribution is -2.28. The molecular formula is C26H26N2O5. The number of carbonyl (C=O) groups excluding carboxylic acids is 2. The topological polar surface area (TPSA) is 86.6 Å². The summed E-state index contributed by atoms with van der Waals surface area (Å²) in [6, 6.07) is 21.9. The van der Waals surface area contributed by atoms with Gasteiger partial charge in [0.15, 0.2) is 0 Å². The minimum Gasteiger partial charge on any atom is -0.466 e. The Hall–Kier alpha value is -4.13. The second-order valence-corrected chi connectivity index (χ2v) is 7.29. The molecule has 7 heteroatoms. The fourth-order valence-electron chi connectivity index (χ4n) is 3.28. The van der Waals surface area contributed by atoms with Crippen LogP contribution in [-0.4, -0.2) is 23.7 Å². The molecule has 0 aliphatic rings. The second kappa shape index (κ2) is 12.0. The van der Waals surface area contributed by atoms with Crippen LogP contribution in [0.5, 0.6) is 0 Å². The summed E-state index contributed by atoms with van der Waals surface area (Å²) in [7, 11) is 1.30. The number of methoxy groups -OCH3 is 1. The molecule has 2 aromatic carbocycles. The van der Waals surface area contributed by atoms with E-state index in [0.29, 0.717) is 12.8 Å². The van der Waals surface area contributed by atoms with Crippen molar-refractivity contribution in [2.45, 2.75) is 25.5 Å². The van der Waals surface area contributed by atoms with Gasteiger partial charge < -0.3 is 14.0 Å². The van der Waals surface area contributed by atoms with Crippen molar-refractivity contribution in [3.63, 3.8) is 0 Å². The van der Waals surface area contributed by atoms with Crippen molar-refractivity contribution in [1.29, 1.82) is 0 Å². The van der Waals surface area contributed by atoms with Crippen LogP contribution < -0.4 is 10.9 Å². The Balaban J connectivity index is 1.75. The van der Waals surface area contributed by atoms with Gasteiger partial charge in [0, 0.05) is 12.3 Å². The number of nitrogens with zero attached hydrogens (tertiary/aromatic N) is 1. The molecule has 1 heterocycles. The third-order valence-corrected chi connectivity index (χ3v) is 5.01. The zero-order chi connectivity index (χ0) is 23.5. The number of aromatic nitrogens is 1. The Morgan fingerprint density at radius 2 is 1.64 bits per heavy atom. The number of esters is 1. The molecule has 0 fully saturated rings. The molecule has 33 heavy (non-hydrogen) atoms. The number of pyridine rings is 1. The second-order valence-electron chi connectivity index (χ2n) is 7.29. The number of hydrogen-bond donors (Lipinski definition) is 1. The lowest BCUT2D eigenvalue weighted by molar-refractivity contribution is -0.134. The van der Waals surface area contributed by atoms with Crippen molar-refractivity contribution in [2.75, 3.05) is 12.4 Å². The summed E-state index contributed by atoms with van der Waals surface area (Å²) in [5.41, 5.74) is 1.64. The fourth-order valence-corrected chi connectivity index (χ4v) is 3.28. The van der Waals surface area contributed by atoms with Crippen LogP contribution in [0, 0.1) is 0 Å². The van der Waals surface area contributed by atoms with Gasteiger partial charge in [0.2, 0.25) is 0 Å². The van der Waals surface area contributed by atoms with Gasteiger partial charge in [-0.3, -0.25) is 10.1 Å². The van der Waals surface area contributed by atoms with E-state index < -0.39 is 23.7 Å². The number of amides is 1. The molecule has 0 unspecified atom stereocenters. The predicted molar refractivity (Wildman–Crippen MR) is 126 cm³/mol. The van der Waals surface area contributed by atoms with E-state index in [1.807, 2.05) is 60.7 Å². The maximum atomic E-state index is 13.1. The van der Waals surface area contributed by atoms with Gasteiger partial charge in [0.05, 0.1) is 13.2 Å². The molecule has 0 saturated heterocycles. The molecule has 1 N–H and O–H groups in total. The molecule has 0 saturated carbocycles. The molecule has 0 radical (unpaired) electrons. The van der Waals surface area contributed by atoms with Crippen LogP contribution >= 0.6 is 0 Å². The summed E-state index contributed by atoms with van der Waals surface area (Å²) < 4.78 is 11.4. The number of carbonyl (C=O) groups is 2. The van der Waals surface area contributed by atoms with Crippen LogP contribution in [0.3, 0.4) is 0 Å². The van der Waals surface area contributed by atoms with E-state index >= 15 is 0 Å². The van der Waals surface area contributed by atoms with E-state index in [-0.39, 0.29) is 12.3 Å². The van der Waals surface area contributed by atoms with E-state index in [1.54, 1.807) is 18.3 Å². The largest absolute Gasteiger partial charge is 0.466 e. The first-order chi connectivity index (χ1) is 16.1. The molecule has 1 atom stereocenters. The lowest BCUT2D eigenvalue weighted by Gasteiger charge is -2.18. The van der Waals surface area contributed by atoms with Crippen LogP contribution in [0.2, 0.25) is 0 Å². The molecule has 170 valence electrons. The first-order valence-electron chi connectivity index (χ1n) is 10.6. The Kier molecular flexibility index (Phi) is 8.59. The maximum absolute atomic E-state index is 13.1. The zero-order valence-electron chi connectivity index (χ0n) is 18.3. The number of rotatable bonds is 9. The Labute approximate surface area is 192 Å². The lowest BCUT2D eigenvalue weighted by atomic mass is 10.0. The summed E-state index contributed by atoms with van der Waals surface area (Å²) in [5, 5.41) is 2.52. The summed E-state index contributed by atoms with van der Waals surface area (Å²) in [6.07, 6.45) is 5.10. The molecule has 3 rings (SSSR count). The first kappa shape index (κ1) is 23.5. The van der Waals surface area contributed by atoms with Crippen LogP contribution in [-0.2, 0) is 27.3 Å². The Bertz CT molecular complexity index is 1140. The summed E-state index contributed by atoms with van der Waals surface area (Å²) in [5.74, 6) is -0.508. The third-order valence-electron chi connectivity index (χ3n) is 5.01. The van der Waals surface area contributed by atoms with Gasteiger partial charge in [0.1, 0.15) is 12.3 Å². The number of allylic oxidation sites excluding steroid dienone is 1. The van der Waals surface area contributed by atoms with Crippen LogP contribution in [0.15, 0.2) is 95.9 Å². The number of aryl methyl sites for hydroxylation is 1. The minimum atomic E-state index is -0.723. The average molecular weight is 447 g/mol. The number of ether oxygens (including phenoxy) is 2. The average Bonchev–Trinajstić information content (AvgIpc) is 2.85. The Morgan fingerprint density at radius 3 is 2.30 bits per heavy atom. The quantitative estimate of drug-likeness (QED) is 0.386. The van der Waals surface area contributed by atoms with E-state index in [4.69, 9.17) is 4.74 Å². The van der Waals surface area contributed by atoms with Gasteiger partial charge in [-0.25, -0.2) is 9.59 Å². The highest BCUT2D eigenvalue weighted by atomic mass is 16.5. The van der Waals surface area contributed by atoms with Crippen molar-refractivity contribution >= 4 is 17.7 Å². The molecule has 0 aliphatic heterocycles. The van der Waals surface area contributed by atoms with Gasteiger partial charge in [-0.2, -0.15) is 0 Å². The summed E-state index contributed by atoms with van der Waals surface area (Å²) in [4.78, 5) is 37.0. The SMILES string of the molecule is COC(=O)/C=C/[C@H](CCc1ccccc1)n1cccc(NC(=O)OCc2ccccc2)c1=O. The van der Waals surface area contributed by atoms with Gasteiger partial charge in [-0.15, -0.1) is 0 Å². The van der Waals surface area contributed by atoms with Gasteiger partial charge in [0.25, 0.3) is 5.56 Å². The summed E-state index contributed by atoms with van der Waals surface area (Å²) >= 11 is 0. The molecular weight excluding hydrogens is 420 g/mol. The number of anilines is 1. The van der Waals surface area contributed by atoms with Gasteiger partial charge >= 0.3 is 12.1 Å². The fraction of sp³-hybridized carbons (Fsp3) is 0.192. The normalized spacial score (nSPS) is 11.7. The van der Waals surface area contributed by atoms with E-state index in [1.165, 1.54) is 23.8 Å². The van der Waals surface area contributed by atoms with Crippen molar-refractivity contribution in [1.82, 2.24) is 4.57 Å². The van der Waals surface area contributed by atoms with Crippen molar-refractivity contribution in [2.24, 2.45) is 0 Å². The van der Waals surface area contributed by atoms with Crippen LogP contribution in [0.4, 0.5) is 10.5 Å².